The van der Waals surface area contributed by atoms with Gasteiger partial charge in [-0.25, -0.2) is 4.98 Å². The zero-order valence-corrected chi connectivity index (χ0v) is 10.7. The summed E-state index contributed by atoms with van der Waals surface area (Å²) in [5, 5.41) is 18.4. The number of nitriles is 1. The highest BCUT2D eigenvalue weighted by molar-refractivity contribution is 5.57. The van der Waals surface area contributed by atoms with Gasteiger partial charge in [0.25, 0.3) is 0 Å². The molecule has 2 heterocycles. The summed E-state index contributed by atoms with van der Waals surface area (Å²) >= 11 is 0. The fraction of sp³-hybridized carbons (Fsp3) is 0.429. The number of aliphatic hydroxyl groups excluding tert-OH is 1. The molecule has 0 aliphatic heterocycles. The molecule has 0 aromatic carbocycles. The van der Waals surface area contributed by atoms with E-state index in [9.17, 15) is 5.11 Å². The van der Waals surface area contributed by atoms with Crippen LogP contribution in [-0.4, -0.2) is 27.1 Å². The first kappa shape index (κ1) is 12.0. The summed E-state index contributed by atoms with van der Waals surface area (Å²) in [6, 6.07) is 8.45. The van der Waals surface area contributed by atoms with Crippen LogP contribution in [-0.2, 0) is 6.61 Å². The predicted molar refractivity (Wildman–Crippen MR) is 71.7 cm³/mol. The van der Waals surface area contributed by atoms with E-state index in [0.717, 1.165) is 30.0 Å². The SMILES string of the molecule is N#CCCN(c1nc2ccccn2c1CO)C1CC1. The largest absolute Gasteiger partial charge is 0.390 e. The number of aliphatic hydroxyl groups is 1. The van der Waals surface area contributed by atoms with Crippen LogP contribution in [0.3, 0.4) is 0 Å². The van der Waals surface area contributed by atoms with Crippen LogP contribution >= 0.6 is 0 Å². The van der Waals surface area contributed by atoms with Crippen molar-refractivity contribution in [2.45, 2.75) is 31.9 Å². The van der Waals surface area contributed by atoms with Crippen molar-refractivity contribution in [2.24, 2.45) is 0 Å². The van der Waals surface area contributed by atoms with Crippen molar-refractivity contribution in [3.8, 4) is 6.07 Å². The van der Waals surface area contributed by atoms with Crippen LogP contribution < -0.4 is 4.90 Å². The Labute approximate surface area is 111 Å². The molecule has 0 bridgehead atoms. The van der Waals surface area contributed by atoms with Gasteiger partial charge in [-0.1, -0.05) is 6.07 Å². The molecule has 0 spiro atoms. The summed E-state index contributed by atoms with van der Waals surface area (Å²) in [6.07, 6.45) is 4.68. The van der Waals surface area contributed by atoms with Crippen molar-refractivity contribution in [3.05, 3.63) is 30.1 Å². The highest BCUT2D eigenvalue weighted by atomic mass is 16.3. The minimum Gasteiger partial charge on any atom is -0.390 e. The normalized spacial score (nSPS) is 14.5. The maximum absolute atomic E-state index is 9.63. The highest BCUT2D eigenvalue weighted by Gasteiger charge is 2.32. The van der Waals surface area contributed by atoms with Gasteiger partial charge in [0.15, 0.2) is 5.82 Å². The van der Waals surface area contributed by atoms with E-state index in [2.05, 4.69) is 16.0 Å². The quantitative estimate of drug-likeness (QED) is 0.884. The molecule has 1 aliphatic carbocycles. The topological polar surface area (TPSA) is 64.6 Å². The molecule has 5 heteroatoms. The van der Waals surface area contributed by atoms with Gasteiger partial charge in [-0.2, -0.15) is 5.26 Å². The molecule has 1 N–H and O–H groups in total. The third-order valence-corrected chi connectivity index (χ3v) is 3.48. The lowest BCUT2D eigenvalue weighted by molar-refractivity contribution is 0.276. The van der Waals surface area contributed by atoms with Crippen molar-refractivity contribution in [1.29, 1.82) is 5.26 Å². The minimum absolute atomic E-state index is 0.0454. The zero-order chi connectivity index (χ0) is 13.2. The van der Waals surface area contributed by atoms with Gasteiger partial charge >= 0.3 is 0 Å². The molecule has 3 rings (SSSR count). The number of hydrogen-bond acceptors (Lipinski definition) is 4. The van der Waals surface area contributed by atoms with Crippen molar-refractivity contribution in [1.82, 2.24) is 9.38 Å². The van der Waals surface area contributed by atoms with Gasteiger partial charge in [0.05, 0.1) is 24.8 Å². The molecule has 0 radical (unpaired) electrons. The fourth-order valence-electron chi connectivity index (χ4n) is 2.43. The Bertz CT molecular complexity index is 624. The molecular formula is C14H16N4O. The van der Waals surface area contributed by atoms with E-state index in [0.29, 0.717) is 19.0 Å². The minimum atomic E-state index is -0.0454. The van der Waals surface area contributed by atoms with E-state index in [1.165, 1.54) is 0 Å². The maximum Gasteiger partial charge on any atom is 0.153 e. The Kier molecular flexibility index (Phi) is 3.10. The van der Waals surface area contributed by atoms with Crippen LogP contribution in [0.4, 0.5) is 5.82 Å². The van der Waals surface area contributed by atoms with Crippen LogP contribution in [0.15, 0.2) is 24.4 Å². The van der Waals surface area contributed by atoms with E-state index >= 15 is 0 Å². The van der Waals surface area contributed by atoms with E-state index in [4.69, 9.17) is 5.26 Å². The number of hydrogen-bond donors (Lipinski definition) is 1. The molecule has 98 valence electrons. The Morgan fingerprint density at radius 1 is 1.47 bits per heavy atom. The molecule has 2 aromatic rings. The first-order valence-electron chi connectivity index (χ1n) is 6.55. The highest BCUT2D eigenvalue weighted by Crippen LogP contribution is 2.33. The number of anilines is 1. The number of rotatable bonds is 5. The van der Waals surface area contributed by atoms with Crippen LogP contribution in [0.1, 0.15) is 25.0 Å². The summed E-state index contributed by atoms with van der Waals surface area (Å²) in [7, 11) is 0. The average molecular weight is 256 g/mol. The van der Waals surface area contributed by atoms with Crippen LogP contribution in [0, 0.1) is 11.3 Å². The molecule has 2 aromatic heterocycles. The molecular weight excluding hydrogens is 240 g/mol. The Morgan fingerprint density at radius 2 is 2.32 bits per heavy atom. The molecule has 1 fully saturated rings. The molecule has 1 aliphatic rings. The van der Waals surface area contributed by atoms with Crippen LogP contribution in [0.25, 0.3) is 5.65 Å². The monoisotopic (exact) mass is 256 g/mol. The van der Waals surface area contributed by atoms with Crippen molar-refractivity contribution in [3.63, 3.8) is 0 Å². The van der Waals surface area contributed by atoms with Gasteiger partial charge in [0.1, 0.15) is 5.65 Å². The Morgan fingerprint density at radius 3 is 3.00 bits per heavy atom. The van der Waals surface area contributed by atoms with Crippen LogP contribution in [0.2, 0.25) is 0 Å². The fourth-order valence-corrected chi connectivity index (χ4v) is 2.43. The zero-order valence-electron chi connectivity index (χ0n) is 10.7. The van der Waals surface area contributed by atoms with Gasteiger partial charge < -0.3 is 10.0 Å². The molecule has 0 saturated heterocycles. The lowest BCUT2D eigenvalue weighted by Gasteiger charge is -2.21. The molecule has 0 atom stereocenters. The predicted octanol–water partition coefficient (Wildman–Crippen LogP) is 1.71. The first-order chi connectivity index (χ1) is 9.35. The van der Waals surface area contributed by atoms with Gasteiger partial charge in [-0.15, -0.1) is 0 Å². The van der Waals surface area contributed by atoms with Gasteiger partial charge in [0, 0.05) is 18.8 Å². The number of nitrogens with zero attached hydrogens (tertiary/aromatic N) is 4. The summed E-state index contributed by atoms with van der Waals surface area (Å²) in [5.74, 6) is 0.825. The summed E-state index contributed by atoms with van der Waals surface area (Å²) < 4.78 is 1.91. The Hall–Kier alpha value is -2.06. The van der Waals surface area contributed by atoms with E-state index in [-0.39, 0.29) is 6.61 Å². The lowest BCUT2D eigenvalue weighted by atomic mass is 10.3. The van der Waals surface area contributed by atoms with Crippen molar-refractivity contribution in [2.75, 3.05) is 11.4 Å². The summed E-state index contributed by atoms with van der Waals surface area (Å²) in [5.41, 5.74) is 1.64. The number of pyridine rings is 1. The first-order valence-corrected chi connectivity index (χ1v) is 6.55. The Balaban J connectivity index is 2.04. The smallest absolute Gasteiger partial charge is 0.153 e. The maximum atomic E-state index is 9.63. The average Bonchev–Trinajstić information content (AvgIpc) is 3.20. The third-order valence-electron chi connectivity index (χ3n) is 3.48. The van der Waals surface area contributed by atoms with Gasteiger partial charge in [0.2, 0.25) is 0 Å². The van der Waals surface area contributed by atoms with Gasteiger partial charge in [-0.05, 0) is 25.0 Å². The standard InChI is InChI=1S/C14H16N4O/c15-7-3-9-17(11-5-6-11)14-12(10-19)18-8-2-1-4-13(18)16-14/h1-2,4,8,11,19H,3,5-6,9-10H2. The summed E-state index contributed by atoms with van der Waals surface area (Å²) in [4.78, 5) is 6.79. The number of fused-ring (bicyclic) bond motifs is 1. The number of aromatic nitrogens is 2. The second-order valence-electron chi connectivity index (χ2n) is 4.80. The van der Waals surface area contributed by atoms with Crippen LogP contribution in [0.5, 0.6) is 0 Å². The molecule has 0 amide bonds. The van der Waals surface area contributed by atoms with Crippen molar-refractivity contribution < 1.29 is 5.11 Å². The molecule has 5 nitrogen and oxygen atoms in total. The second kappa shape index (κ2) is 4.90. The lowest BCUT2D eigenvalue weighted by Crippen LogP contribution is -2.28. The molecule has 19 heavy (non-hydrogen) atoms. The second-order valence-corrected chi connectivity index (χ2v) is 4.80. The third kappa shape index (κ3) is 2.15. The summed E-state index contributed by atoms with van der Waals surface area (Å²) in [6.45, 7) is 0.633. The van der Waals surface area contributed by atoms with E-state index < -0.39 is 0 Å². The molecule has 0 unspecified atom stereocenters. The van der Waals surface area contributed by atoms with E-state index in [1.54, 1.807) is 0 Å². The van der Waals surface area contributed by atoms with Crippen molar-refractivity contribution >= 4 is 11.5 Å². The molecule has 1 saturated carbocycles. The number of imidazole rings is 1. The van der Waals surface area contributed by atoms with E-state index in [1.807, 2.05) is 28.8 Å². The van der Waals surface area contributed by atoms with Gasteiger partial charge in [-0.3, -0.25) is 4.40 Å².